The average Bonchev–Trinajstić information content (AvgIpc) is 2.61. The highest BCUT2D eigenvalue weighted by atomic mass is 35.5. The van der Waals surface area contributed by atoms with Crippen molar-refractivity contribution in [3.63, 3.8) is 0 Å². The predicted molar refractivity (Wildman–Crippen MR) is 101 cm³/mol. The number of aromatic nitrogens is 2. The van der Waals surface area contributed by atoms with Gasteiger partial charge in [-0.15, -0.1) is 0 Å². The summed E-state index contributed by atoms with van der Waals surface area (Å²) in [7, 11) is 0. The van der Waals surface area contributed by atoms with Crippen LogP contribution in [0.2, 0.25) is 5.02 Å². The van der Waals surface area contributed by atoms with Crippen LogP contribution in [-0.2, 0) is 0 Å². The number of nitrogens with one attached hydrogen (secondary N) is 2. The summed E-state index contributed by atoms with van der Waals surface area (Å²) >= 11 is 5.93. The number of hydrogen-bond acceptors (Lipinski definition) is 4. The Morgan fingerprint density at radius 3 is 2.62 bits per heavy atom. The van der Waals surface area contributed by atoms with Crippen LogP contribution in [0.25, 0.3) is 5.65 Å². The molecule has 0 aliphatic heterocycles. The Balaban J connectivity index is 1.81. The summed E-state index contributed by atoms with van der Waals surface area (Å²) in [5.74, 6) is 0.711. The Morgan fingerprint density at radius 1 is 1.19 bits per heavy atom. The quantitative estimate of drug-likeness (QED) is 0.731. The summed E-state index contributed by atoms with van der Waals surface area (Å²) in [6, 6.07) is 9.66. The minimum Gasteiger partial charge on any atom is -0.494 e. The molecule has 134 valence electrons. The standard InChI is InChI=1S/C18H17ClN4O3/c1-3-26-14-7-5-13(6-8-14)21-18(25)22-16-11(2)20-15-9-4-12(19)10-23(15)17(16)24/h4-10H,3H2,1-2H3,(H2,21,22,25). The molecule has 7 nitrogen and oxygen atoms in total. The molecule has 26 heavy (non-hydrogen) atoms. The van der Waals surface area contributed by atoms with E-state index in [0.29, 0.717) is 34.4 Å². The Hall–Kier alpha value is -3.06. The third-order valence-corrected chi connectivity index (χ3v) is 3.85. The summed E-state index contributed by atoms with van der Waals surface area (Å²) in [6.07, 6.45) is 1.46. The lowest BCUT2D eigenvalue weighted by atomic mass is 10.3. The molecule has 2 amide bonds. The monoisotopic (exact) mass is 372 g/mol. The Kier molecular flexibility index (Phi) is 5.09. The van der Waals surface area contributed by atoms with E-state index in [1.807, 2.05) is 6.92 Å². The first kappa shape index (κ1) is 17.8. The topological polar surface area (TPSA) is 84.7 Å². The molecular weight excluding hydrogens is 356 g/mol. The predicted octanol–water partition coefficient (Wildman–Crippen LogP) is 3.70. The van der Waals surface area contributed by atoms with E-state index in [1.165, 1.54) is 10.6 Å². The van der Waals surface area contributed by atoms with Crippen molar-refractivity contribution in [2.24, 2.45) is 0 Å². The number of nitrogens with zero attached hydrogens (tertiary/aromatic N) is 2. The van der Waals surface area contributed by atoms with Crippen LogP contribution in [0, 0.1) is 6.92 Å². The van der Waals surface area contributed by atoms with Crippen LogP contribution in [0.15, 0.2) is 47.4 Å². The van der Waals surface area contributed by atoms with Gasteiger partial charge in [0.2, 0.25) is 0 Å². The maximum atomic E-state index is 12.6. The van der Waals surface area contributed by atoms with Crippen LogP contribution >= 0.6 is 11.6 Å². The zero-order valence-electron chi connectivity index (χ0n) is 14.2. The van der Waals surface area contributed by atoms with E-state index in [9.17, 15) is 9.59 Å². The highest BCUT2D eigenvalue weighted by molar-refractivity contribution is 6.30. The highest BCUT2D eigenvalue weighted by Crippen LogP contribution is 2.16. The Bertz CT molecular complexity index is 1020. The molecule has 0 bridgehead atoms. The number of urea groups is 1. The molecule has 2 N–H and O–H groups in total. The molecule has 2 aromatic heterocycles. The number of anilines is 2. The first-order valence-corrected chi connectivity index (χ1v) is 8.35. The van der Waals surface area contributed by atoms with Gasteiger partial charge in [0.15, 0.2) is 0 Å². The Labute approximate surface area is 154 Å². The first-order valence-electron chi connectivity index (χ1n) is 7.97. The molecule has 3 aromatic rings. The van der Waals surface area contributed by atoms with E-state index in [0.717, 1.165) is 0 Å². The van der Waals surface area contributed by atoms with Crippen LogP contribution in [-0.4, -0.2) is 22.0 Å². The number of aryl methyl sites for hydroxylation is 1. The second-order valence-corrected chi connectivity index (χ2v) is 5.93. The van der Waals surface area contributed by atoms with Crippen molar-refractivity contribution in [1.29, 1.82) is 0 Å². The molecule has 0 radical (unpaired) electrons. The Morgan fingerprint density at radius 2 is 1.92 bits per heavy atom. The number of carbonyl (C=O) groups is 1. The zero-order chi connectivity index (χ0) is 18.7. The smallest absolute Gasteiger partial charge is 0.323 e. The molecule has 0 aliphatic rings. The maximum absolute atomic E-state index is 12.6. The van der Waals surface area contributed by atoms with Gasteiger partial charge in [-0.2, -0.15) is 0 Å². The summed E-state index contributed by atoms with van der Waals surface area (Å²) in [5, 5.41) is 5.62. The van der Waals surface area contributed by atoms with Crippen LogP contribution in [0.3, 0.4) is 0 Å². The van der Waals surface area contributed by atoms with Crippen LogP contribution < -0.4 is 20.9 Å². The molecule has 1 aromatic carbocycles. The summed E-state index contributed by atoms with van der Waals surface area (Å²) < 4.78 is 6.65. The third-order valence-electron chi connectivity index (χ3n) is 3.63. The van der Waals surface area contributed by atoms with Crippen molar-refractivity contribution in [3.05, 3.63) is 63.7 Å². The molecule has 0 saturated carbocycles. The van der Waals surface area contributed by atoms with Gasteiger partial charge in [0.25, 0.3) is 5.56 Å². The van der Waals surface area contributed by atoms with Gasteiger partial charge >= 0.3 is 6.03 Å². The van der Waals surface area contributed by atoms with Crippen molar-refractivity contribution < 1.29 is 9.53 Å². The molecule has 0 unspecified atom stereocenters. The van der Waals surface area contributed by atoms with Gasteiger partial charge in [-0.3, -0.25) is 9.20 Å². The number of benzene rings is 1. The summed E-state index contributed by atoms with van der Waals surface area (Å²) in [5.41, 5.74) is 1.12. The lowest BCUT2D eigenvalue weighted by Crippen LogP contribution is -2.27. The van der Waals surface area contributed by atoms with E-state index >= 15 is 0 Å². The number of hydrogen-bond donors (Lipinski definition) is 2. The van der Waals surface area contributed by atoms with Crippen molar-refractivity contribution in [3.8, 4) is 5.75 Å². The fourth-order valence-electron chi connectivity index (χ4n) is 2.44. The molecule has 8 heteroatoms. The van der Waals surface area contributed by atoms with Gasteiger partial charge in [-0.25, -0.2) is 9.78 Å². The molecular formula is C18H17ClN4O3. The van der Waals surface area contributed by atoms with Crippen molar-refractivity contribution in [2.75, 3.05) is 17.2 Å². The minimum atomic E-state index is -0.543. The molecule has 0 atom stereocenters. The number of halogens is 1. The van der Waals surface area contributed by atoms with Crippen molar-refractivity contribution in [1.82, 2.24) is 9.38 Å². The number of pyridine rings is 1. The van der Waals surface area contributed by atoms with E-state index in [2.05, 4.69) is 15.6 Å². The molecule has 0 fully saturated rings. The van der Waals surface area contributed by atoms with Crippen molar-refractivity contribution in [2.45, 2.75) is 13.8 Å². The van der Waals surface area contributed by atoms with E-state index in [4.69, 9.17) is 16.3 Å². The number of rotatable bonds is 4. The zero-order valence-corrected chi connectivity index (χ0v) is 15.0. The van der Waals surface area contributed by atoms with Gasteiger partial charge in [-0.05, 0) is 50.2 Å². The van der Waals surface area contributed by atoms with Crippen LogP contribution in [0.5, 0.6) is 5.75 Å². The SMILES string of the molecule is CCOc1ccc(NC(=O)Nc2c(C)nc3ccc(Cl)cn3c2=O)cc1. The van der Waals surface area contributed by atoms with E-state index in [1.54, 1.807) is 43.3 Å². The number of carbonyl (C=O) groups excluding carboxylic acids is 1. The fourth-order valence-corrected chi connectivity index (χ4v) is 2.61. The molecule has 0 spiro atoms. The van der Waals surface area contributed by atoms with Gasteiger partial charge in [0.1, 0.15) is 17.1 Å². The lowest BCUT2D eigenvalue weighted by molar-refractivity contribution is 0.262. The maximum Gasteiger partial charge on any atom is 0.323 e. The average molecular weight is 373 g/mol. The van der Waals surface area contributed by atoms with Gasteiger partial charge in [-0.1, -0.05) is 11.6 Å². The van der Waals surface area contributed by atoms with Gasteiger partial charge < -0.3 is 15.4 Å². The van der Waals surface area contributed by atoms with Crippen LogP contribution in [0.4, 0.5) is 16.2 Å². The number of amides is 2. The fraction of sp³-hybridized carbons (Fsp3) is 0.167. The normalized spacial score (nSPS) is 10.6. The molecule has 0 saturated heterocycles. The second-order valence-electron chi connectivity index (χ2n) is 5.49. The van der Waals surface area contributed by atoms with Crippen molar-refractivity contribution >= 4 is 34.7 Å². The minimum absolute atomic E-state index is 0.0909. The molecule has 2 heterocycles. The summed E-state index contributed by atoms with van der Waals surface area (Å²) in [6.45, 7) is 4.11. The second kappa shape index (κ2) is 7.45. The highest BCUT2D eigenvalue weighted by Gasteiger charge is 2.13. The summed E-state index contributed by atoms with van der Waals surface area (Å²) in [4.78, 5) is 29.2. The lowest BCUT2D eigenvalue weighted by Gasteiger charge is -2.11. The van der Waals surface area contributed by atoms with Gasteiger partial charge in [0.05, 0.1) is 17.3 Å². The molecule has 0 aliphatic carbocycles. The van der Waals surface area contributed by atoms with Gasteiger partial charge in [0, 0.05) is 11.9 Å². The number of ether oxygens (including phenoxy) is 1. The van der Waals surface area contributed by atoms with Crippen LogP contribution in [0.1, 0.15) is 12.6 Å². The van der Waals surface area contributed by atoms with E-state index < -0.39 is 11.6 Å². The first-order chi connectivity index (χ1) is 12.5. The number of fused-ring (bicyclic) bond motifs is 1. The largest absolute Gasteiger partial charge is 0.494 e. The third kappa shape index (κ3) is 3.78. The van der Waals surface area contributed by atoms with E-state index in [-0.39, 0.29) is 5.69 Å². The molecule has 3 rings (SSSR count).